The molecule has 0 saturated carbocycles. The zero-order valence-electron chi connectivity index (χ0n) is 10.6. The number of fused-ring (bicyclic) bond motifs is 1. The molecule has 1 aromatic rings. The molecule has 102 valence electrons. The Morgan fingerprint density at radius 2 is 2.32 bits per heavy atom. The van der Waals surface area contributed by atoms with Crippen LogP contribution in [0.3, 0.4) is 0 Å². The lowest BCUT2D eigenvalue weighted by molar-refractivity contribution is -0.142. The summed E-state index contributed by atoms with van der Waals surface area (Å²) in [7, 11) is 1.74. The molecule has 0 radical (unpaired) electrons. The quantitative estimate of drug-likeness (QED) is 0.798. The highest BCUT2D eigenvalue weighted by molar-refractivity contribution is 6.00. The summed E-state index contributed by atoms with van der Waals surface area (Å²) in [6.07, 6.45) is 0.377. The summed E-state index contributed by atoms with van der Waals surface area (Å²) in [6.45, 7) is -0.227. The third-order valence-electron chi connectivity index (χ3n) is 3.13. The van der Waals surface area contributed by atoms with Gasteiger partial charge < -0.3 is 20.5 Å². The molecule has 6 heteroatoms. The minimum atomic E-state index is -1.02. The number of carbonyl (C=O) groups excluding carboxylic acids is 1. The van der Waals surface area contributed by atoms with Gasteiger partial charge in [-0.25, -0.2) is 4.79 Å². The summed E-state index contributed by atoms with van der Waals surface area (Å²) in [5.41, 5.74) is 8.61. The second kappa shape index (κ2) is 5.38. The van der Waals surface area contributed by atoms with Gasteiger partial charge in [0.05, 0.1) is 19.1 Å². The maximum atomic E-state index is 11.6. The van der Waals surface area contributed by atoms with Crippen LogP contribution in [0.4, 0.5) is 5.69 Å². The number of hydrogen-bond acceptors (Lipinski definition) is 4. The van der Waals surface area contributed by atoms with Crippen LogP contribution in [0.2, 0.25) is 0 Å². The number of amides is 1. The Hall–Kier alpha value is -1.92. The summed E-state index contributed by atoms with van der Waals surface area (Å²) >= 11 is 0. The second-order valence-electron chi connectivity index (χ2n) is 4.53. The number of nitrogens with two attached hydrogens (primary N) is 1. The molecule has 3 N–H and O–H groups in total. The lowest BCUT2D eigenvalue weighted by Gasteiger charge is -2.14. The first kappa shape index (κ1) is 13.5. The molecule has 1 aliphatic heterocycles. The van der Waals surface area contributed by atoms with Crippen molar-refractivity contribution in [1.29, 1.82) is 0 Å². The Balaban J connectivity index is 2.04. The Morgan fingerprint density at radius 3 is 3.00 bits per heavy atom. The molecule has 1 atom stereocenters. The van der Waals surface area contributed by atoms with Crippen molar-refractivity contribution in [3.8, 4) is 0 Å². The molecule has 0 spiro atoms. The molecule has 1 heterocycles. The number of rotatable bonds is 5. The van der Waals surface area contributed by atoms with Crippen LogP contribution in [-0.2, 0) is 20.7 Å². The van der Waals surface area contributed by atoms with Gasteiger partial charge in [0.25, 0.3) is 0 Å². The van der Waals surface area contributed by atoms with E-state index in [-0.39, 0.29) is 19.1 Å². The standard InChI is InChI=1S/C13H16N2O4/c1-15-11-3-2-8(4-9(11)5-12(15)16)10(14)6-19-7-13(17)18/h2-4,10H,5-7,14H2,1H3,(H,17,18). The van der Waals surface area contributed by atoms with Crippen molar-refractivity contribution < 1.29 is 19.4 Å². The molecule has 6 nitrogen and oxygen atoms in total. The van der Waals surface area contributed by atoms with Crippen LogP contribution in [0.1, 0.15) is 17.2 Å². The third-order valence-corrected chi connectivity index (χ3v) is 3.13. The summed E-state index contributed by atoms with van der Waals surface area (Å²) in [5.74, 6) is -0.962. The maximum Gasteiger partial charge on any atom is 0.329 e. The number of carbonyl (C=O) groups is 2. The molecule has 0 aliphatic carbocycles. The number of anilines is 1. The van der Waals surface area contributed by atoms with Gasteiger partial charge in [-0.05, 0) is 17.2 Å². The molecule has 0 fully saturated rings. The van der Waals surface area contributed by atoms with Crippen molar-refractivity contribution in [2.75, 3.05) is 25.2 Å². The van der Waals surface area contributed by atoms with Gasteiger partial charge in [0.1, 0.15) is 6.61 Å². The van der Waals surface area contributed by atoms with Crippen molar-refractivity contribution >= 4 is 17.6 Å². The highest BCUT2D eigenvalue weighted by Crippen LogP contribution is 2.29. The number of ether oxygens (including phenoxy) is 1. The molecular weight excluding hydrogens is 248 g/mol. The van der Waals surface area contributed by atoms with E-state index < -0.39 is 12.0 Å². The highest BCUT2D eigenvalue weighted by atomic mass is 16.5. The fraction of sp³-hybridized carbons (Fsp3) is 0.385. The van der Waals surface area contributed by atoms with Crippen LogP contribution in [-0.4, -0.2) is 37.2 Å². The van der Waals surface area contributed by atoms with Gasteiger partial charge in [-0.15, -0.1) is 0 Å². The largest absolute Gasteiger partial charge is 0.480 e. The van der Waals surface area contributed by atoms with E-state index in [1.807, 2.05) is 18.2 Å². The number of hydrogen-bond donors (Lipinski definition) is 2. The van der Waals surface area contributed by atoms with Gasteiger partial charge in [-0.2, -0.15) is 0 Å². The first-order chi connectivity index (χ1) is 8.99. The fourth-order valence-electron chi connectivity index (χ4n) is 2.09. The van der Waals surface area contributed by atoms with Crippen molar-refractivity contribution in [3.05, 3.63) is 29.3 Å². The van der Waals surface area contributed by atoms with E-state index in [4.69, 9.17) is 15.6 Å². The lowest BCUT2D eigenvalue weighted by Crippen LogP contribution is -2.20. The molecule has 2 rings (SSSR count). The van der Waals surface area contributed by atoms with E-state index in [9.17, 15) is 9.59 Å². The first-order valence-electron chi connectivity index (χ1n) is 5.93. The smallest absolute Gasteiger partial charge is 0.329 e. The first-order valence-corrected chi connectivity index (χ1v) is 5.93. The Labute approximate surface area is 110 Å². The second-order valence-corrected chi connectivity index (χ2v) is 4.53. The highest BCUT2D eigenvalue weighted by Gasteiger charge is 2.24. The van der Waals surface area contributed by atoms with E-state index in [0.29, 0.717) is 6.42 Å². The van der Waals surface area contributed by atoms with Crippen molar-refractivity contribution in [2.45, 2.75) is 12.5 Å². The number of aliphatic carboxylic acids is 1. The maximum absolute atomic E-state index is 11.6. The van der Waals surface area contributed by atoms with E-state index >= 15 is 0 Å². The minimum absolute atomic E-state index is 0.0582. The summed E-state index contributed by atoms with van der Waals surface area (Å²) in [6, 6.07) is 5.17. The van der Waals surface area contributed by atoms with Crippen molar-refractivity contribution in [3.63, 3.8) is 0 Å². The van der Waals surface area contributed by atoms with E-state index in [1.54, 1.807) is 11.9 Å². The topological polar surface area (TPSA) is 92.9 Å². The van der Waals surface area contributed by atoms with E-state index in [2.05, 4.69) is 0 Å². The normalized spacial score (nSPS) is 15.5. The lowest BCUT2D eigenvalue weighted by atomic mass is 10.0. The van der Waals surface area contributed by atoms with E-state index in [0.717, 1.165) is 16.8 Å². The monoisotopic (exact) mass is 264 g/mol. The fourth-order valence-corrected chi connectivity index (χ4v) is 2.09. The third kappa shape index (κ3) is 2.91. The predicted molar refractivity (Wildman–Crippen MR) is 68.9 cm³/mol. The molecular formula is C13H16N2O4. The molecule has 1 aromatic carbocycles. The van der Waals surface area contributed by atoms with Crippen LogP contribution < -0.4 is 10.6 Å². The number of benzene rings is 1. The zero-order valence-corrected chi connectivity index (χ0v) is 10.6. The van der Waals surface area contributed by atoms with Gasteiger partial charge in [-0.1, -0.05) is 12.1 Å². The Kier molecular flexibility index (Phi) is 3.82. The molecule has 0 saturated heterocycles. The number of carboxylic acid groups (broad SMARTS) is 1. The number of likely N-dealkylation sites (N-methyl/N-ethyl adjacent to an activating group) is 1. The average molecular weight is 264 g/mol. The van der Waals surface area contributed by atoms with Gasteiger partial charge in [-0.3, -0.25) is 4.79 Å². The Morgan fingerprint density at radius 1 is 1.58 bits per heavy atom. The van der Waals surface area contributed by atoms with Gasteiger partial charge in [0.2, 0.25) is 5.91 Å². The molecule has 19 heavy (non-hydrogen) atoms. The minimum Gasteiger partial charge on any atom is -0.480 e. The number of carboxylic acids is 1. The predicted octanol–water partition coefficient (Wildman–Crippen LogP) is 0.306. The molecule has 1 amide bonds. The average Bonchev–Trinajstić information content (AvgIpc) is 2.64. The van der Waals surface area contributed by atoms with Gasteiger partial charge >= 0.3 is 5.97 Å². The van der Waals surface area contributed by atoms with E-state index in [1.165, 1.54) is 0 Å². The Bertz CT molecular complexity index is 515. The molecule has 1 aliphatic rings. The molecule has 0 bridgehead atoms. The summed E-state index contributed by atoms with van der Waals surface area (Å²) < 4.78 is 4.97. The van der Waals surface area contributed by atoms with Gasteiger partial charge in [0.15, 0.2) is 0 Å². The van der Waals surface area contributed by atoms with Crippen molar-refractivity contribution in [1.82, 2.24) is 0 Å². The number of nitrogens with zero attached hydrogens (tertiary/aromatic N) is 1. The van der Waals surface area contributed by atoms with Crippen LogP contribution in [0, 0.1) is 0 Å². The van der Waals surface area contributed by atoms with Crippen LogP contribution in [0.25, 0.3) is 0 Å². The molecule has 1 unspecified atom stereocenters. The summed E-state index contributed by atoms with van der Waals surface area (Å²) in [5, 5.41) is 8.47. The van der Waals surface area contributed by atoms with Crippen LogP contribution >= 0.6 is 0 Å². The molecule has 0 aromatic heterocycles. The SMILES string of the molecule is CN1C(=O)Cc2cc(C(N)COCC(=O)O)ccc21. The van der Waals surface area contributed by atoms with Crippen molar-refractivity contribution in [2.24, 2.45) is 5.73 Å². The summed E-state index contributed by atoms with van der Waals surface area (Å²) in [4.78, 5) is 23.5. The van der Waals surface area contributed by atoms with Crippen LogP contribution in [0.5, 0.6) is 0 Å². The zero-order chi connectivity index (χ0) is 14.0. The van der Waals surface area contributed by atoms with Gasteiger partial charge in [0, 0.05) is 12.7 Å². The van der Waals surface area contributed by atoms with Crippen LogP contribution in [0.15, 0.2) is 18.2 Å².